The number of hydrogen-bond donors (Lipinski definition) is 1. The van der Waals surface area contributed by atoms with E-state index in [1.165, 1.54) is 17.4 Å². The molecule has 1 fully saturated rings. The molecule has 1 N–H and O–H groups in total. The van der Waals surface area contributed by atoms with Crippen molar-refractivity contribution >= 4 is 11.3 Å². The van der Waals surface area contributed by atoms with E-state index in [-0.39, 0.29) is 6.04 Å². The molecule has 124 valence electrons. The van der Waals surface area contributed by atoms with Crippen LogP contribution >= 0.6 is 11.3 Å². The summed E-state index contributed by atoms with van der Waals surface area (Å²) in [5, 5.41) is 7.07. The van der Waals surface area contributed by atoms with Crippen molar-refractivity contribution in [2.24, 2.45) is 0 Å². The molecule has 0 unspecified atom stereocenters. The average Bonchev–Trinajstić information content (AvgIpc) is 3.03. The van der Waals surface area contributed by atoms with Gasteiger partial charge in [-0.05, 0) is 40.1 Å². The van der Waals surface area contributed by atoms with Gasteiger partial charge in [-0.1, -0.05) is 6.07 Å². The standard InChI is InChI=1S/C16H16F4N2S/c17-14-2-1-11(9-13(14)16(18,19)20)15(12-3-8-23-10-12)22-6-4-21-5-7-22/h1-3,8-10,15,21H,4-7H2/t15-/m1/s1. The third-order valence-corrected chi connectivity index (χ3v) is 4.69. The van der Waals surface area contributed by atoms with Gasteiger partial charge in [0.15, 0.2) is 0 Å². The molecule has 1 aromatic carbocycles. The predicted octanol–water partition coefficient (Wildman–Crippen LogP) is 3.90. The lowest BCUT2D eigenvalue weighted by atomic mass is 9.96. The highest BCUT2D eigenvalue weighted by atomic mass is 32.1. The van der Waals surface area contributed by atoms with Gasteiger partial charge < -0.3 is 5.32 Å². The molecule has 0 spiro atoms. The number of thiophene rings is 1. The topological polar surface area (TPSA) is 15.3 Å². The maximum absolute atomic E-state index is 13.6. The van der Waals surface area contributed by atoms with Crippen LogP contribution in [0.15, 0.2) is 35.0 Å². The first-order valence-electron chi connectivity index (χ1n) is 7.30. The first-order chi connectivity index (χ1) is 11.0. The van der Waals surface area contributed by atoms with E-state index in [9.17, 15) is 17.6 Å². The molecule has 7 heteroatoms. The van der Waals surface area contributed by atoms with Gasteiger partial charge in [-0.3, -0.25) is 4.90 Å². The summed E-state index contributed by atoms with van der Waals surface area (Å²) in [6.45, 7) is 3.04. The Bertz CT molecular complexity index is 649. The maximum atomic E-state index is 13.6. The normalized spacial score (nSPS) is 18.1. The molecule has 1 saturated heterocycles. The van der Waals surface area contributed by atoms with E-state index in [1.54, 1.807) is 0 Å². The first kappa shape index (κ1) is 16.4. The van der Waals surface area contributed by atoms with Crippen LogP contribution in [0.3, 0.4) is 0 Å². The monoisotopic (exact) mass is 344 g/mol. The van der Waals surface area contributed by atoms with Gasteiger partial charge >= 0.3 is 6.18 Å². The van der Waals surface area contributed by atoms with Crippen molar-refractivity contribution in [1.82, 2.24) is 10.2 Å². The lowest BCUT2D eigenvalue weighted by molar-refractivity contribution is -0.140. The fourth-order valence-electron chi connectivity index (χ4n) is 2.92. The molecular weight excluding hydrogens is 328 g/mol. The lowest BCUT2D eigenvalue weighted by Gasteiger charge is -2.35. The van der Waals surface area contributed by atoms with Crippen LogP contribution in [-0.4, -0.2) is 31.1 Å². The number of hydrogen-bond acceptors (Lipinski definition) is 3. The molecular formula is C16H16F4N2S. The van der Waals surface area contributed by atoms with Crippen molar-refractivity contribution in [3.8, 4) is 0 Å². The predicted molar refractivity (Wildman–Crippen MR) is 82.0 cm³/mol. The van der Waals surface area contributed by atoms with E-state index in [0.29, 0.717) is 5.56 Å². The van der Waals surface area contributed by atoms with Crippen molar-refractivity contribution in [1.29, 1.82) is 0 Å². The fraction of sp³-hybridized carbons (Fsp3) is 0.375. The smallest absolute Gasteiger partial charge is 0.314 e. The molecule has 2 aromatic rings. The van der Waals surface area contributed by atoms with Gasteiger partial charge in [-0.25, -0.2) is 4.39 Å². The number of rotatable bonds is 3. The molecule has 0 radical (unpaired) electrons. The summed E-state index contributed by atoms with van der Waals surface area (Å²) in [7, 11) is 0. The van der Waals surface area contributed by atoms with Crippen LogP contribution in [0.25, 0.3) is 0 Å². The van der Waals surface area contributed by atoms with E-state index >= 15 is 0 Å². The van der Waals surface area contributed by atoms with Gasteiger partial charge in [-0.15, -0.1) is 0 Å². The van der Waals surface area contributed by atoms with Crippen molar-refractivity contribution in [2.75, 3.05) is 26.2 Å². The molecule has 0 bridgehead atoms. The Hall–Kier alpha value is -1.44. The zero-order valence-electron chi connectivity index (χ0n) is 12.2. The third kappa shape index (κ3) is 3.57. The zero-order chi connectivity index (χ0) is 16.4. The summed E-state index contributed by atoms with van der Waals surface area (Å²) in [4.78, 5) is 2.13. The quantitative estimate of drug-likeness (QED) is 0.850. The van der Waals surface area contributed by atoms with Crippen LogP contribution in [0, 0.1) is 5.82 Å². The fourth-order valence-corrected chi connectivity index (χ4v) is 3.59. The van der Waals surface area contributed by atoms with E-state index in [2.05, 4.69) is 10.2 Å². The van der Waals surface area contributed by atoms with E-state index in [0.717, 1.165) is 43.9 Å². The highest BCUT2D eigenvalue weighted by molar-refractivity contribution is 7.08. The van der Waals surface area contributed by atoms with Crippen molar-refractivity contribution < 1.29 is 17.6 Å². The Morgan fingerprint density at radius 3 is 2.43 bits per heavy atom. The Labute approximate surface area is 135 Å². The SMILES string of the molecule is Fc1ccc([C@H](c2ccsc2)N2CCNCC2)cc1C(F)(F)F. The Balaban J connectivity index is 2.03. The number of piperazine rings is 1. The molecule has 2 heterocycles. The molecule has 2 nitrogen and oxygen atoms in total. The van der Waals surface area contributed by atoms with Crippen LogP contribution in [0.4, 0.5) is 17.6 Å². The molecule has 3 rings (SSSR count). The minimum atomic E-state index is -4.69. The molecule has 1 aromatic heterocycles. The second-order valence-electron chi connectivity index (χ2n) is 5.48. The van der Waals surface area contributed by atoms with Crippen LogP contribution in [-0.2, 0) is 6.18 Å². The second kappa shape index (κ2) is 6.59. The van der Waals surface area contributed by atoms with Gasteiger partial charge in [0.25, 0.3) is 0 Å². The van der Waals surface area contributed by atoms with Gasteiger partial charge in [0, 0.05) is 26.2 Å². The molecule has 1 aliphatic heterocycles. The zero-order valence-corrected chi connectivity index (χ0v) is 13.1. The highest BCUT2D eigenvalue weighted by Gasteiger charge is 2.35. The summed E-state index contributed by atoms with van der Waals surface area (Å²) in [5.41, 5.74) is 0.209. The molecule has 0 aliphatic carbocycles. The first-order valence-corrected chi connectivity index (χ1v) is 8.24. The number of nitrogens with one attached hydrogen (secondary N) is 1. The highest BCUT2D eigenvalue weighted by Crippen LogP contribution is 2.36. The van der Waals surface area contributed by atoms with Crippen LogP contribution in [0.5, 0.6) is 0 Å². The maximum Gasteiger partial charge on any atom is 0.419 e. The number of halogens is 4. The van der Waals surface area contributed by atoms with Crippen molar-refractivity contribution in [3.63, 3.8) is 0 Å². The molecule has 1 aliphatic rings. The summed E-state index contributed by atoms with van der Waals surface area (Å²) in [5.74, 6) is -1.23. The van der Waals surface area contributed by atoms with Gasteiger partial charge in [0.1, 0.15) is 5.82 Å². The average molecular weight is 344 g/mol. The van der Waals surface area contributed by atoms with Crippen molar-refractivity contribution in [3.05, 3.63) is 57.5 Å². The second-order valence-corrected chi connectivity index (χ2v) is 6.26. The van der Waals surface area contributed by atoms with E-state index in [1.807, 2.05) is 16.8 Å². The number of benzene rings is 1. The van der Waals surface area contributed by atoms with Crippen LogP contribution in [0.1, 0.15) is 22.7 Å². The van der Waals surface area contributed by atoms with Crippen molar-refractivity contribution in [2.45, 2.75) is 12.2 Å². The minimum Gasteiger partial charge on any atom is -0.314 e. The summed E-state index contributed by atoms with van der Waals surface area (Å²) < 4.78 is 52.6. The third-order valence-electron chi connectivity index (χ3n) is 3.99. The molecule has 0 saturated carbocycles. The largest absolute Gasteiger partial charge is 0.419 e. The number of alkyl halides is 3. The van der Waals surface area contributed by atoms with Gasteiger partial charge in [0.05, 0.1) is 11.6 Å². The summed E-state index contributed by atoms with van der Waals surface area (Å²) in [6, 6.07) is 4.94. The Morgan fingerprint density at radius 2 is 1.83 bits per heavy atom. The van der Waals surface area contributed by atoms with Gasteiger partial charge in [-0.2, -0.15) is 24.5 Å². The van der Waals surface area contributed by atoms with Crippen LogP contribution in [0.2, 0.25) is 0 Å². The lowest BCUT2D eigenvalue weighted by Crippen LogP contribution is -2.45. The molecule has 1 atom stereocenters. The van der Waals surface area contributed by atoms with Gasteiger partial charge in [0.2, 0.25) is 0 Å². The van der Waals surface area contributed by atoms with E-state index in [4.69, 9.17) is 0 Å². The van der Waals surface area contributed by atoms with E-state index < -0.39 is 17.6 Å². The number of nitrogens with zero attached hydrogens (tertiary/aromatic N) is 1. The molecule has 23 heavy (non-hydrogen) atoms. The Kier molecular flexibility index (Phi) is 4.70. The summed E-state index contributed by atoms with van der Waals surface area (Å²) >= 11 is 1.50. The van der Waals surface area contributed by atoms with Crippen LogP contribution < -0.4 is 5.32 Å². The summed E-state index contributed by atoms with van der Waals surface area (Å²) in [6.07, 6.45) is -4.69. The minimum absolute atomic E-state index is 0.287. The Morgan fingerprint density at radius 1 is 1.09 bits per heavy atom. The molecule has 0 amide bonds.